The summed E-state index contributed by atoms with van der Waals surface area (Å²) >= 11 is 0. The molecule has 3 rings (SSSR count). The van der Waals surface area contributed by atoms with Crippen molar-refractivity contribution in [3.63, 3.8) is 0 Å². The summed E-state index contributed by atoms with van der Waals surface area (Å²) in [5.41, 5.74) is 1.63. The lowest BCUT2D eigenvalue weighted by atomic mass is 10.2. The van der Waals surface area contributed by atoms with Crippen LogP contribution in [0.25, 0.3) is 0 Å². The van der Waals surface area contributed by atoms with Crippen molar-refractivity contribution in [2.45, 2.75) is 0 Å². The van der Waals surface area contributed by atoms with Gasteiger partial charge in [0.15, 0.2) is 0 Å². The molecular weight excluding hydrogens is 376 g/mol. The van der Waals surface area contributed by atoms with Gasteiger partial charge >= 0.3 is 0 Å². The maximum absolute atomic E-state index is 12.4. The van der Waals surface area contributed by atoms with E-state index in [0.29, 0.717) is 17.2 Å². The number of nitrogens with one attached hydrogen (secondary N) is 1. The van der Waals surface area contributed by atoms with E-state index in [4.69, 9.17) is 9.47 Å². The van der Waals surface area contributed by atoms with E-state index in [1.807, 2.05) is 0 Å². The Labute approximate surface area is 169 Å². The first-order valence-corrected chi connectivity index (χ1v) is 9.24. The normalized spacial score (nSPS) is 14.3. The molecule has 0 atom stereocenters. The highest BCUT2D eigenvalue weighted by Crippen LogP contribution is 2.29. The van der Waals surface area contributed by atoms with Crippen molar-refractivity contribution >= 4 is 23.0 Å². The predicted octanol–water partition coefficient (Wildman–Crippen LogP) is 2.37. The number of hydrogen-bond donors (Lipinski definition) is 1. The third-order valence-electron chi connectivity index (χ3n) is 4.85. The van der Waals surface area contributed by atoms with Crippen molar-refractivity contribution in [3.05, 3.63) is 52.6 Å². The molecular formula is C20H24N4O5. The molecule has 1 amide bonds. The lowest BCUT2D eigenvalue weighted by Crippen LogP contribution is -2.48. The van der Waals surface area contributed by atoms with Gasteiger partial charge in [0, 0.05) is 50.1 Å². The van der Waals surface area contributed by atoms with E-state index in [1.54, 1.807) is 44.6 Å². The maximum atomic E-state index is 12.4. The maximum Gasteiger partial charge on any atom is 0.269 e. The number of piperazine rings is 1. The fraction of sp³-hybridized carbons (Fsp3) is 0.350. The highest BCUT2D eigenvalue weighted by atomic mass is 16.6. The van der Waals surface area contributed by atoms with Crippen LogP contribution in [0.1, 0.15) is 0 Å². The van der Waals surface area contributed by atoms with E-state index < -0.39 is 4.92 Å². The molecule has 0 spiro atoms. The number of nitrogens with zero attached hydrogens (tertiary/aromatic N) is 3. The number of carbonyl (C=O) groups is 1. The molecule has 1 N–H and O–H groups in total. The molecule has 29 heavy (non-hydrogen) atoms. The molecule has 154 valence electrons. The zero-order valence-corrected chi connectivity index (χ0v) is 16.5. The lowest BCUT2D eigenvalue weighted by molar-refractivity contribution is -0.384. The van der Waals surface area contributed by atoms with Crippen LogP contribution in [0.4, 0.5) is 17.1 Å². The van der Waals surface area contributed by atoms with Gasteiger partial charge in [-0.25, -0.2) is 0 Å². The number of nitro benzene ring substituents is 1. The third kappa shape index (κ3) is 5.14. The van der Waals surface area contributed by atoms with Crippen molar-refractivity contribution in [2.24, 2.45) is 0 Å². The zero-order valence-electron chi connectivity index (χ0n) is 16.5. The number of carbonyl (C=O) groups excluding carboxylic acids is 1. The molecule has 9 nitrogen and oxygen atoms in total. The number of anilines is 2. The molecule has 0 unspecified atom stereocenters. The summed E-state index contributed by atoms with van der Waals surface area (Å²) in [5.74, 6) is 1.08. The fourth-order valence-corrected chi connectivity index (χ4v) is 3.24. The number of nitro groups is 1. The molecule has 1 aliphatic heterocycles. The van der Waals surface area contributed by atoms with E-state index in [0.717, 1.165) is 31.9 Å². The number of amides is 1. The first-order chi connectivity index (χ1) is 14.0. The summed E-state index contributed by atoms with van der Waals surface area (Å²) in [6.45, 7) is 3.23. The molecule has 1 heterocycles. The molecule has 0 saturated carbocycles. The van der Waals surface area contributed by atoms with E-state index in [9.17, 15) is 14.9 Å². The van der Waals surface area contributed by atoms with Crippen molar-refractivity contribution in [2.75, 3.05) is 57.2 Å². The van der Waals surface area contributed by atoms with Crippen LogP contribution in [0.15, 0.2) is 42.5 Å². The van der Waals surface area contributed by atoms with Crippen molar-refractivity contribution < 1.29 is 19.2 Å². The summed E-state index contributed by atoms with van der Waals surface area (Å²) < 4.78 is 10.5. The monoisotopic (exact) mass is 400 g/mol. The smallest absolute Gasteiger partial charge is 0.269 e. The van der Waals surface area contributed by atoms with Gasteiger partial charge in [0.05, 0.1) is 31.4 Å². The Bertz CT molecular complexity index is 864. The highest BCUT2D eigenvalue weighted by Gasteiger charge is 2.20. The summed E-state index contributed by atoms with van der Waals surface area (Å²) in [7, 11) is 3.12. The molecule has 0 radical (unpaired) electrons. The first-order valence-electron chi connectivity index (χ1n) is 9.24. The van der Waals surface area contributed by atoms with Crippen LogP contribution in [-0.2, 0) is 4.79 Å². The van der Waals surface area contributed by atoms with Gasteiger partial charge in [0.1, 0.15) is 11.5 Å². The van der Waals surface area contributed by atoms with Crippen molar-refractivity contribution in [3.8, 4) is 11.5 Å². The van der Waals surface area contributed by atoms with Crippen molar-refractivity contribution in [1.82, 2.24) is 4.90 Å². The average molecular weight is 400 g/mol. The second-order valence-corrected chi connectivity index (χ2v) is 6.65. The molecule has 0 bridgehead atoms. The quantitative estimate of drug-likeness (QED) is 0.563. The Kier molecular flexibility index (Phi) is 6.50. The number of non-ortho nitro benzene ring substituents is 1. The van der Waals surface area contributed by atoms with Crippen molar-refractivity contribution in [1.29, 1.82) is 0 Å². The number of ether oxygens (including phenoxy) is 2. The highest BCUT2D eigenvalue weighted by molar-refractivity contribution is 5.93. The third-order valence-corrected chi connectivity index (χ3v) is 4.85. The average Bonchev–Trinajstić information content (AvgIpc) is 2.74. The minimum atomic E-state index is -0.405. The Morgan fingerprint density at radius 3 is 2.34 bits per heavy atom. The second-order valence-electron chi connectivity index (χ2n) is 6.65. The minimum Gasteiger partial charge on any atom is -0.497 e. The summed E-state index contributed by atoms with van der Waals surface area (Å²) in [4.78, 5) is 27.0. The molecule has 2 aromatic rings. The fourth-order valence-electron chi connectivity index (χ4n) is 3.24. The molecule has 1 aliphatic rings. The Morgan fingerprint density at radius 1 is 1.07 bits per heavy atom. The van der Waals surface area contributed by atoms with Crippen LogP contribution in [0.2, 0.25) is 0 Å². The zero-order chi connectivity index (χ0) is 20.8. The molecule has 2 aromatic carbocycles. The molecule has 0 aromatic heterocycles. The van der Waals surface area contributed by atoms with Crippen LogP contribution in [0.5, 0.6) is 11.5 Å². The lowest BCUT2D eigenvalue weighted by Gasteiger charge is -2.35. The van der Waals surface area contributed by atoms with Crippen LogP contribution < -0.4 is 19.7 Å². The van der Waals surface area contributed by atoms with Gasteiger partial charge in [0.25, 0.3) is 5.69 Å². The predicted molar refractivity (Wildman–Crippen MR) is 110 cm³/mol. The van der Waals surface area contributed by atoms with Crippen LogP contribution in [0.3, 0.4) is 0 Å². The van der Waals surface area contributed by atoms with E-state index in [2.05, 4.69) is 15.1 Å². The van der Waals surface area contributed by atoms with Gasteiger partial charge in [-0.2, -0.15) is 0 Å². The molecule has 1 saturated heterocycles. The summed E-state index contributed by atoms with van der Waals surface area (Å²) in [6.07, 6.45) is 0. The number of benzene rings is 2. The van der Waals surface area contributed by atoms with Gasteiger partial charge in [-0.05, 0) is 24.3 Å². The van der Waals surface area contributed by atoms with E-state index >= 15 is 0 Å². The Hall–Kier alpha value is -3.33. The Balaban J connectivity index is 1.51. The number of hydrogen-bond acceptors (Lipinski definition) is 7. The number of methoxy groups -OCH3 is 2. The topological polar surface area (TPSA) is 97.2 Å². The molecule has 9 heteroatoms. The van der Waals surface area contributed by atoms with Gasteiger partial charge in [-0.1, -0.05) is 0 Å². The Morgan fingerprint density at radius 2 is 1.76 bits per heavy atom. The summed E-state index contributed by atoms with van der Waals surface area (Å²) in [6, 6.07) is 11.8. The molecule has 1 fully saturated rings. The van der Waals surface area contributed by atoms with Gasteiger partial charge < -0.3 is 19.7 Å². The van der Waals surface area contributed by atoms with E-state index in [-0.39, 0.29) is 18.1 Å². The first kappa shape index (κ1) is 20.4. The van der Waals surface area contributed by atoms with Crippen LogP contribution >= 0.6 is 0 Å². The summed E-state index contributed by atoms with van der Waals surface area (Å²) in [5, 5.41) is 13.7. The van der Waals surface area contributed by atoms with Crippen LogP contribution in [-0.4, -0.2) is 62.7 Å². The van der Waals surface area contributed by atoms with Gasteiger partial charge in [-0.15, -0.1) is 0 Å². The SMILES string of the molecule is COc1ccc(NC(=O)CN2CCN(c3ccc([N+](=O)[O-])cc3)CC2)c(OC)c1. The van der Waals surface area contributed by atoms with Crippen LogP contribution in [0, 0.1) is 10.1 Å². The second kappa shape index (κ2) is 9.24. The van der Waals surface area contributed by atoms with E-state index in [1.165, 1.54) is 12.1 Å². The standard InChI is InChI=1S/C20H24N4O5/c1-28-17-7-8-18(19(13-17)29-2)21-20(25)14-22-9-11-23(12-10-22)15-3-5-16(6-4-15)24(26)27/h3-8,13H,9-12,14H2,1-2H3,(H,21,25). The number of rotatable bonds is 7. The van der Waals surface area contributed by atoms with Gasteiger partial charge in [0.2, 0.25) is 5.91 Å². The van der Waals surface area contributed by atoms with Gasteiger partial charge in [-0.3, -0.25) is 19.8 Å². The minimum absolute atomic E-state index is 0.0815. The largest absolute Gasteiger partial charge is 0.497 e. The molecule has 0 aliphatic carbocycles.